The van der Waals surface area contributed by atoms with Crippen molar-refractivity contribution in [2.45, 2.75) is 32.6 Å². The largest absolute Gasteiger partial charge is 0.397 e. The molecule has 0 bridgehead atoms. The molecule has 3 aromatic rings. The Balaban J connectivity index is 1.97. The summed E-state index contributed by atoms with van der Waals surface area (Å²) < 4.78 is 0. The predicted molar refractivity (Wildman–Crippen MR) is 112 cm³/mol. The first-order valence-corrected chi connectivity index (χ1v) is 9.36. The fraction of sp³-hybridized carbons (Fsp3) is 0.227. The topological polar surface area (TPSA) is 108 Å². The molecule has 2 aromatic heterocycles. The smallest absolute Gasteiger partial charge is 0.160 e. The molecule has 0 unspecified atom stereocenters. The SMILES string of the molecule is C=C(NO)c1ccc(-c2nc3ncc(N)c(C(C)=N)c3c3c2CCCC3)cc1. The number of nitrogens with one attached hydrogen (secondary N) is 2. The molecule has 6 nitrogen and oxygen atoms in total. The Labute approximate surface area is 163 Å². The summed E-state index contributed by atoms with van der Waals surface area (Å²) in [6.45, 7) is 5.53. The lowest BCUT2D eigenvalue weighted by Gasteiger charge is -2.23. The molecule has 1 aromatic carbocycles. The number of hydroxylamine groups is 1. The average Bonchev–Trinajstić information content (AvgIpc) is 2.72. The normalized spacial score (nSPS) is 13.2. The van der Waals surface area contributed by atoms with Crippen molar-refractivity contribution >= 4 is 28.1 Å². The standard InChI is InChI=1S/C22H23N5O/c1-12(23)19-18(24)11-25-22-20(19)16-5-3-4-6-17(16)21(26-22)15-9-7-14(8-10-15)13(2)27-28/h7-11,23,27-28H,2-6,24H2,1H3. The van der Waals surface area contributed by atoms with Crippen LogP contribution in [0, 0.1) is 5.41 Å². The number of nitrogen functional groups attached to an aromatic ring is 1. The molecule has 1 aliphatic rings. The van der Waals surface area contributed by atoms with Crippen LogP contribution in [0.25, 0.3) is 28.0 Å². The van der Waals surface area contributed by atoms with Crippen LogP contribution in [-0.2, 0) is 12.8 Å². The van der Waals surface area contributed by atoms with Gasteiger partial charge in [-0.05, 0) is 49.3 Å². The van der Waals surface area contributed by atoms with Gasteiger partial charge in [-0.2, -0.15) is 0 Å². The number of rotatable bonds is 4. The molecule has 0 saturated carbocycles. The number of pyridine rings is 2. The number of nitrogens with zero attached hydrogens (tertiary/aromatic N) is 2. The maximum absolute atomic E-state index is 9.05. The fourth-order valence-electron chi connectivity index (χ4n) is 4.04. The number of aromatic nitrogens is 2. The summed E-state index contributed by atoms with van der Waals surface area (Å²) in [7, 11) is 0. The number of fused-ring (bicyclic) bond motifs is 3. The van der Waals surface area contributed by atoms with Crippen molar-refractivity contribution in [2.24, 2.45) is 0 Å². The zero-order chi connectivity index (χ0) is 19.8. The first kappa shape index (κ1) is 18.1. The summed E-state index contributed by atoms with van der Waals surface area (Å²) in [5.41, 5.74) is 16.2. The van der Waals surface area contributed by atoms with Gasteiger partial charge in [-0.3, -0.25) is 10.7 Å². The highest BCUT2D eigenvalue weighted by Crippen LogP contribution is 2.37. The zero-order valence-corrected chi connectivity index (χ0v) is 15.8. The van der Waals surface area contributed by atoms with E-state index in [2.05, 4.69) is 17.0 Å². The molecule has 4 rings (SSSR count). The Bertz CT molecular complexity index is 1100. The Morgan fingerprint density at radius 3 is 2.50 bits per heavy atom. The van der Waals surface area contributed by atoms with Crippen molar-refractivity contribution < 1.29 is 5.21 Å². The third-order valence-corrected chi connectivity index (χ3v) is 5.38. The van der Waals surface area contributed by atoms with Crippen molar-refractivity contribution in [3.63, 3.8) is 0 Å². The lowest BCUT2D eigenvalue weighted by atomic mass is 9.85. The second-order valence-corrected chi connectivity index (χ2v) is 7.20. The Morgan fingerprint density at radius 2 is 1.86 bits per heavy atom. The summed E-state index contributed by atoms with van der Waals surface area (Å²) >= 11 is 0. The van der Waals surface area contributed by atoms with E-state index in [9.17, 15) is 0 Å². The molecule has 0 saturated heterocycles. The summed E-state index contributed by atoms with van der Waals surface area (Å²) in [6.07, 6.45) is 5.71. The van der Waals surface area contributed by atoms with Crippen LogP contribution in [0.4, 0.5) is 5.69 Å². The fourth-order valence-corrected chi connectivity index (χ4v) is 4.04. The van der Waals surface area contributed by atoms with Gasteiger partial charge in [0.1, 0.15) is 0 Å². The van der Waals surface area contributed by atoms with E-state index in [1.807, 2.05) is 24.3 Å². The number of aryl methyl sites for hydroxylation is 1. The predicted octanol–water partition coefficient (Wildman–Crippen LogP) is 4.10. The van der Waals surface area contributed by atoms with E-state index in [-0.39, 0.29) is 0 Å². The molecule has 0 aliphatic heterocycles. The van der Waals surface area contributed by atoms with Crippen molar-refractivity contribution in [3.8, 4) is 11.3 Å². The van der Waals surface area contributed by atoms with Crippen LogP contribution < -0.4 is 11.2 Å². The van der Waals surface area contributed by atoms with Crippen LogP contribution in [0.15, 0.2) is 37.0 Å². The van der Waals surface area contributed by atoms with Gasteiger partial charge in [0.15, 0.2) is 5.65 Å². The molecule has 0 atom stereocenters. The Hall–Kier alpha value is -3.25. The van der Waals surface area contributed by atoms with Gasteiger partial charge in [-0.1, -0.05) is 30.8 Å². The summed E-state index contributed by atoms with van der Waals surface area (Å²) in [6, 6.07) is 7.79. The lowest BCUT2D eigenvalue weighted by molar-refractivity contribution is 0.225. The van der Waals surface area contributed by atoms with Crippen LogP contribution in [0.3, 0.4) is 0 Å². The van der Waals surface area contributed by atoms with Crippen molar-refractivity contribution in [3.05, 3.63) is 59.3 Å². The minimum atomic E-state index is 0.437. The maximum Gasteiger partial charge on any atom is 0.160 e. The van der Waals surface area contributed by atoms with Crippen LogP contribution in [0.2, 0.25) is 0 Å². The van der Waals surface area contributed by atoms with Crippen molar-refractivity contribution in [2.75, 3.05) is 5.73 Å². The highest BCUT2D eigenvalue weighted by molar-refractivity contribution is 6.12. The molecule has 0 spiro atoms. The molecule has 0 amide bonds. The zero-order valence-electron chi connectivity index (χ0n) is 15.8. The molecule has 1 aliphatic carbocycles. The summed E-state index contributed by atoms with van der Waals surface area (Å²) in [5.74, 6) is 0. The van der Waals surface area contributed by atoms with E-state index < -0.39 is 0 Å². The number of nitrogens with two attached hydrogens (primary N) is 1. The molecule has 5 N–H and O–H groups in total. The quantitative estimate of drug-likeness (QED) is 0.407. The summed E-state index contributed by atoms with van der Waals surface area (Å²) in [4.78, 5) is 9.37. The minimum absolute atomic E-state index is 0.437. The first-order chi connectivity index (χ1) is 13.5. The van der Waals surface area contributed by atoms with Gasteiger partial charge >= 0.3 is 0 Å². The molecule has 2 heterocycles. The minimum Gasteiger partial charge on any atom is -0.397 e. The van der Waals surface area contributed by atoms with E-state index in [0.717, 1.165) is 53.5 Å². The van der Waals surface area contributed by atoms with Gasteiger partial charge in [0.05, 0.1) is 23.3 Å². The van der Waals surface area contributed by atoms with Crippen molar-refractivity contribution in [1.29, 1.82) is 5.41 Å². The third-order valence-electron chi connectivity index (χ3n) is 5.38. The van der Waals surface area contributed by atoms with E-state index in [1.165, 1.54) is 11.1 Å². The molecule has 0 radical (unpaired) electrons. The highest BCUT2D eigenvalue weighted by atomic mass is 16.5. The average molecular weight is 373 g/mol. The van der Waals surface area contributed by atoms with E-state index in [4.69, 9.17) is 21.3 Å². The second kappa shape index (κ2) is 7.05. The van der Waals surface area contributed by atoms with E-state index in [0.29, 0.717) is 22.7 Å². The second-order valence-electron chi connectivity index (χ2n) is 7.20. The van der Waals surface area contributed by atoms with Crippen LogP contribution in [0.5, 0.6) is 0 Å². The first-order valence-electron chi connectivity index (χ1n) is 9.36. The van der Waals surface area contributed by atoms with Gasteiger partial charge in [-0.15, -0.1) is 0 Å². The Kier molecular flexibility index (Phi) is 4.57. The molecule has 0 fully saturated rings. The number of hydrogen-bond acceptors (Lipinski definition) is 6. The number of benzene rings is 1. The van der Waals surface area contributed by atoms with Gasteiger partial charge in [0, 0.05) is 22.2 Å². The van der Waals surface area contributed by atoms with Crippen LogP contribution in [-0.4, -0.2) is 20.9 Å². The third kappa shape index (κ3) is 2.92. The number of anilines is 1. The van der Waals surface area contributed by atoms with Gasteiger partial charge in [-0.25, -0.2) is 9.97 Å². The van der Waals surface area contributed by atoms with Crippen LogP contribution >= 0.6 is 0 Å². The van der Waals surface area contributed by atoms with Gasteiger partial charge in [0.2, 0.25) is 0 Å². The monoisotopic (exact) mass is 373 g/mol. The summed E-state index contributed by atoms with van der Waals surface area (Å²) in [5, 5.41) is 18.2. The van der Waals surface area contributed by atoms with E-state index in [1.54, 1.807) is 13.1 Å². The van der Waals surface area contributed by atoms with Gasteiger partial charge in [0.25, 0.3) is 0 Å². The van der Waals surface area contributed by atoms with Gasteiger partial charge < -0.3 is 11.1 Å². The number of hydrogen-bond donors (Lipinski definition) is 4. The van der Waals surface area contributed by atoms with Crippen molar-refractivity contribution in [1.82, 2.24) is 15.4 Å². The van der Waals surface area contributed by atoms with E-state index >= 15 is 0 Å². The lowest BCUT2D eigenvalue weighted by Crippen LogP contribution is -2.12. The molecule has 142 valence electrons. The molecular formula is C22H23N5O. The molecule has 6 heteroatoms. The maximum atomic E-state index is 9.05. The Morgan fingerprint density at radius 1 is 1.18 bits per heavy atom. The highest BCUT2D eigenvalue weighted by Gasteiger charge is 2.23. The molecule has 28 heavy (non-hydrogen) atoms. The molecular weight excluding hydrogens is 350 g/mol. The van der Waals surface area contributed by atoms with Crippen LogP contribution in [0.1, 0.15) is 42.0 Å².